The van der Waals surface area contributed by atoms with Gasteiger partial charge < -0.3 is 19.5 Å². The van der Waals surface area contributed by atoms with Gasteiger partial charge in [0, 0.05) is 26.3 Å². The molecule has 1 aliphatic heterocycles. The Labute approximate surface area is 218 Å². The molecule has 0 unspecified atom stereocenters. The Kier molecular flexibility index (Phi) is 8.82. The van der Waals surface area contributed by atoms with Gasteiger partial charge in [-0.1, -0.05) is 26.0 Å². The van der Waals surface area contributed by atoms with Crippen LogP contribution in [0.5, 0.6) is 0 Å². The third kappa shape index (κ3) is 5.75. The van der Waals surface area contributed by atoms with Gasteiger partial charge >= 0.3 is 17.9 Å². The summed E-state index contributed by atoms with van der Waals surface area (Å²) in [4.78, 5) is 36.2. The number of esters is 3. The van der Waals surface area contributed by atoms with Gasteiger partial charge in [0.25, 0.3) is 0 Å². The highest BCUT2D eigenvalue weighted by atomic mass is 32.1. The first-order chi connectivity index (χ1) is 16.9. The van der Waals surface area contributed by atoms with Crippen molar-refractivity contribution < 1.29 is 28.6 Å². The van der Waals surface area contributed by atoms with Gasteiger partial charge in [-0.2, -0.15) is 0 Å². The van der Waals surface area contributed by atoms with Crippen molar-refractivity contribution in [1.82, 2.24) is 16.2 Å². The Balaban J connectivity index is 1.94. The van der Waals surface area contributed by atoms with E-state index in [1.165, 1.54) is 13.8 Å². The molecule has 0 spiro atoms. The molecule has 9 nitrogen and oxygen atoms in total. The van der Waals surface area contributed by atoms with Crippen molar-refractivity contribution in [3.63, 3.8) is 0 Å². The largest absolute Gasteiger partial charge is 0.465 e. The van der Waals surface area contributed by atoms with Crippen molar-refractivity contribution in [1.29, 1.82) is 0 Å². The highest BCUT2D eigenvalue weighted by Crippen LogP contribution is 2.62. The van der Waals surface area contributed by atoms with Crippen LogP contribution in [-0.4, -0.2) is 55.4 Å². The molecule has 2 aliphatic carbocycles. The molecule has 2 saturated carbocycles. The number of allylic oxidation sites excluding steroid dienone is 1. The molecular weight excluding hydrogens is 482 g/mol. The minimum Gasteiger partial charge on any atom is -0.465 e. The van der Waals surface area contributed by atoms with Crippen LogP contribution in [-0.2, 0) is 28.6 Å². The van der Waals surface area contributed by atoms with Crippen molar-refractivity contribution in [2.45, 2.75) is 71.9 Å². The molecule has 0 aromatic carbocycles. The fourth-order valence-corrected chi connectivity index (χ4v) is 6.68. The third-order valence-corrected chi connectivity index (χ3v) is 8.70. The summed E-state index contributed by atoms with van der Waals surface area (Å²) in [7, 11) is 1.72. The van der Waals surface area contributed by atoms with Crippen LogP contribution in [0.15, 0.2) is 23.8 Å². The third-order valence-electron chi connectivity index (χ3n) is 8.40. The fraction of sp³-hybridized carbons (Fsp3) is 0.692. The zero-order chi connectivity index (χ0) is 26.7. The maximum absolute atomic E-state index is 12.5. The highest BCUT2D eigenvalue weighted by molar-refractivity contribution is 7.80. The normalized spacial score (nSPS) is 32.5. The predicted molar refractivity (Wildman–Crippen MR) is 138 cm³/mol. The molecule has 0 aromatic rings. The average Bonchev–Trinajstić information content (AvgIpc) is 3.24. The molecule has 0 amide bonds. The minimum absolute atomic E-state index is 0.0583. The van der Waals surface area contributed by atoms with E-state index in [1.54, 1.807) is 13.1 Å². The SMILES string of the molecule is C=C1CC[C@@H]2[C@](C)(COC(C)=O)[C@H](OC(C)=O)CC[C@@]2(C)[C@@H]1C[C@H](NNC(=S)NC)C1=CCOC1=O. The molecule has 6 atom stereocenters. The monoisotopic (exact) mass is 521 g/mol. The molecule has 0 bridgehead atoms. The van der Waals surface area contributed by atoms with Gasteiger partial charge in [0.15, 0.2) is 5.11 Å². The van der Waals surface area contributed by atoms with Gasteiger partial charge in [-0.25, -0.2) is 10.2 Å². The van der Waals surface area contributed by atoms with Crippen molar-refractivity contribution >= 4 is 35.2 Å². The number of carbonyl (C=O) groups excluding carboxylic acids is 3. The topological polar surface area (TPSA) is 115 Å². The quantitative estimate of drug-likeness (QED) is 0.145. The maximum atomic E-state index is 12.5. The summed E-state index contributed by atoms with van der Waals surface area (Å²) >= 11 is 5.23. The maximum Gasteiger partial charge on any atom is 0.335 e. The van der Waals surface area contributed by atoms with E-state index in [4.69, 9.17) is 26.4 Å². The Bertz CT molecular complexity index is 952. The Hall–Kier alpha value is -2.46. The van der Waals surface area contributed by atoms with E-state index in [-0.39, 0.29) is 60.5 Å². The van der Waals surface area contributed by atoms with Crippen LogP contribution in [0.3, 0.4) is 0 Å². The summed E-state index contributed by atoms with van der Waals surface area (Å²) in [6.07, 6.45) is 5.17. The number of nitrogens with one attached hydrogen (secondary N) is 3. The number of rotatable bonds is 8. The first-order valence-corrected chi connectivity index (χ1v) is 12.9. The van der Waals surface area contributed by atoms with Crippen LogP contribution in [0, 0.1) is 22.7 Å². The van der Waals surface area contributed by atoms with E-state index in [0.717, 1.165) is 24.8 Å². The Morgan fingerprint density at radius 2 is 2.00 bits per heavy atom. The van der Waals surface area contributed by atoms with Gasteiger partial charge in [-0.15, -0.1) is 0 Å². The molecular formula is C26H39N3O6S. The Morgan fingerprint density at radius 1 is 1.28 bits per heavy atom. The van der Waals surface area contributed by atoms with Crippen molar-refractivity contribution in [2.75, 3.05) is 20.3 Å². The zero-order valence-corrected chi connectivity index (χ0v) is 22.7. The lowest BCUT2D eigenvalue weighted by molar-refractivity contribution is -0.192. The number of cyclic esters (lactones) is 1. The molecule has 200 valence electrons. The van der Waals surface area contributed by atoms with Crippen LogP contribution in [0.1, 0.15) is 59.8 Å². The van der Waals surface area contributed by atoms with Crippen LogP contribution in [0.4, 0.5) is 0 Å². The molecule has 0 aromatic heterocycles. The molecule has 2 fully saturated rings. The van der Waals surface area contributed by atoms with Gasteiger partial charge in [0.1, 0.15) is 19.3 Å². The van der Waals surface area contributed by atoms with E-state index in [1.807, 2.05) is 0 Å². The first kappa shape index (κ1) is 28.1. The van der Waals surface area contributed by atoms with Gasteiger partial charge in [-0.3, -0.25) is 15.0 Å². The smallest absolute Gasteiger partial charge is 0.335 e. The van der Waals surface area contributed by atoms with E-state index < -0.39 is 5.41 Å². The molecule has 10 heteroatoms. The van der Waals surface area contributed by atoms with E-state index >= 15 is 0 Å². The molecule has 3 N–H and O–H groups in total. The number of ether oxygens (including phenoxy) is 3. The zero-order valence-electron chi connectivity index (χ0n) is 21.9. The number of hydrogen-bond donors (Lipinski definition) is 3. The molecule has 36 heavy (non-hydrogen) atoms. The Morgan fingerprint density at radius 3 is 2.58 bits per heavy atom. The summed E-state index contributed by atoms with van der Waals surface area (Å²) < 4.78 is 16.5. The summed E-state index contributed by atoms with van der Waals surface area (Å²) in [5, 5.41) is 3.27. The number of thiocarbonyl (C=S) groups is 1. The summed E-state index contributed by atoms with van der Waals surface area (Å²) in [5.74, 6) is -0.871. The predicted octanol–water partition coefficient (Wildman–Crippen LogP) is 2.71. The second-order valence-corrected chi connectivity index (χ2v) is 11.0. The van der Waals surface area contributed by atoms with Crippen LogP contribution in [0.2, 0.25) is 0 Å². The van der Waals surface area contributed by atoms with Crippen LogP contribution < -0.4 is 16.2 Å². The van der Waals surface area contributed by atoms with Crippen molar-refractivity contribution in [3.8, 4) is 0 Å². The van der Waals surface area contributed by atoms with E-state index in [9.17, 15) is 14.4 Å². The second kappa shape index (κ2) is 11.3. The number of hydrazine groups is 1. The summed E-state index contributed by atoms with van der Waals surface area (Å²) in [6.45, 7) is 12.0. The summed E-state index contributed by atoms with van der Waals surface area (Å²) in [6, 6.07) is -0.352. The number of fused-ring (bicyclic) bond motifs is 1. The van der Waals surface area contributed by atoms with Crippen molar-refractivity contribution in [3.05, 3.63) is 23.8 Å². The van der Waals surface area contributed by atoms with Gasteiger partial charge in [-0.05, 0) is 67.6 Å². The van der Waals surface area contributed by atoms with E-state index in [2.05, 4.69) is 36.6 Å². The highest BCUT2D eigenvalue weighted by Gasteiger charge is 2.60. The fourth-order valence-electron chi connectivity index (χ4n) is 6.62. The lowest BCUT2D eigenvalue weighted by Crippen LogP contribution is -2.59. The molecule has 0 saturated heterocycles. The van der Waals surface area contributed by atoms with Crippen LogP contribution >= 0.6 is 12.2 Å². The molecule has 3 aliphatic rings. The van der Waals surface area contributed by atoms with Crippen LogP contribution in [0.25, 0.3) is 0 Å². The van der Waals surface area contributed by atoms with Gasteiger partial charge in [0.2, 0.25) is 0 Å². The van der Waals surface area contributed by atoms with Gasteiger partial charge in [0.05, 0.1) is 11.6 Å². The second-order valence-electron chi connectivity index (χ2n) is 10.6. The average molecular weight is 522 g/mol. The number of hydrogen-bond acceptors (Lipinski definition) is 8. The van der Waals surface area contributed by atoms with E-state index in [0.29, 0.717) is 23.5 Å². The molecule has 1 heterocycles. The number of carbonyl (C=O) groups is 3. The molecule has 3 rings (SSSR count). The molecule has 0 radical (unpaired) electrons. The minimum atomic E-state index is -0.552. The summed E-state index contributed by atoms with van der Waals surface area (Å²) in [5.41, 5.74) is 7.12. The lowest BCUT2D eigenvalue weighted by Gasteiger charge is -2.60. The lowest BCUT2D eigenvalue weighted by atomic mass is 9.46. The standard InChI is InChI=1S/C26H39N3O6S/c1-15-7-8-21-25(4,11-9-22(35-17(3)31)26(21,5)14-34-16(2)30)19(15)13-20(28-29-24(36)27-6)18-10-12-33-23(18)32/h10,19-22,28H,1,7-9,11-14H2,2-6H3,(H2,27,29,36)/t19-,20+,21+,22-,25+,26+/m1/s1. The van der Waals surface area contributed by atoms with Crippen molar-refractivity contribution in [2.24, 2.45) is 22.7 Å². The first-order valence-electron chi connectivity index (χ1n) is 12.5.